The second-order valence-corrected chi connectivity index (χ2v) is 5.96. The maximum Gasteiger partial charge on any atom is 0.0469 e. The van der Waals surface area contributed by atoms with E-state index < -0.39 is 0 Å². The normalized spacial score (nSPS) is 27.6. The number of para-hydroxylation sites is 1. The van der Waals surface area contributed by atoms with Gasteiger partial charge >= 0.3 is 0 Å². The van der Waals surface area contributed by atoms with Gasteiger partial charge in [0.05, 0.1) is 0 Å². The minimum Gasteiger partial charge on any atom is -0.355 e. The number of piperidine rings is 1. The standard InChI is InChI=1S/C18H20N2/c1-3-13-10-20-9-8-14(13)12(2)18-16(11-20)15-6-4-5-7-17(15)19-18/h3-7,14,19H,2,8-11H2,1H3/t14-/m1/s1. The summed E-state index contributed by atoms with van der Waals surface area (Å²) >= 11 is 0. The number of nitrogens with zero attached hydrogens (tertiary/aromatic N) is 1. The molecular formula is C18H20N2. The van der Waals surface area contributed by atoms with Crippen LogP contribution in [0.5, 0.6) is 0 Å². The molecule has 3 aliphatic rings. The monoisotopic (exact) mass is 264 g/mol. The number of benzene rings is 1. The minimum absolute atomic E-state index is 0.517. The first-order valence-corrected chi connectivity index (χ1v) is 7.44. The summed E-state index contributed by atoms with van der Waals surface area (Å²) < 4.78 is 0. The van der Waals surface area contributed by atoms with Crippen LogP contribution in [0.1, 0.15) is 24.6 Å². The molecule has 0 spiro atoms. The molecule has 4 heterocycles. The Morgan fingerprint density at radius 3 is 3.00 bits per heavy atom. The van der Waals surface area contributed by atoms with Crippen LogP contribution in [0.2, 0.25) is 0 Å². The number of hydrogen-bond donors (Lipinski definition) is 1. The first-order chi connectivity index (χ1) is 9.78. The number of H-pyrrole nitrogens is 1. The number of rotatable bonds is 0. The van der Waals surface area contributed by atoms with Crippen LogP contribution in [0.15, 0.2) is 42.5 Å². The van der Waals surface area contributed by atoms with Gasteiger partial charge in [-0.3, -0.25) is 4.90 Å². The van der Waals surface area contributed by atoms with Crippen molar-refractivity contribution >= 4 is 16.5 Å². The zero-order valence-corrected chi connectivity index (χ0v) is 11.9. The topological polar surface area (TPSA) is 19.0 Å². The Morgan fingerprint density at radius 1 is 1.30 bits per heavy atom. The molecule has 102 valence electrons. The van der Waals surface area contributed by atoms with Crippen molar-refractivity contribution in [3.05, 3.63) is 53.8 Å². The lowest BCUT2D eigenvalue weighted by atomic mass is 9.81. The SMILES string of the molecule is C=C1c2[nH]c3ccccc3c2CN2CC[C@H]1C(=CC)C2. The molecule has 2 bridgehead atoms. The van der Waals surface area contributed by atoms with Crippen LogP contribution in [0.4, 0.5) is 0 Å². The molecule has 0 aliphatic carbocycles. The van der Waals surface area contributed by atoms with Crippen LogP contribution in [-0.2, 0) is 6.54 Å². The Hall–Kier alpha value is -1.80. The molecule has 1 unspecified atom stereocenters. The lowest BCUT2D eigenvalue weighted by Crippen LogP contribution is -2.37. The van der Waals surface area contributed by atoms with Gasteiger partial charge in [0.15, 0.2) is 0 Å². The summed E-state index contributed by atoms with van der Waals surface area (Å²) in [5, 5.41) is 1.36. The van der Waals surface area contributed by atoms with Crippen LogP contribution in [0.25, 0.3) is 16.5 Å². The van der Waals surface area contributed by atoms with Gasteiger partial charge < -0.3 is 4.98 Å². The molecule has 2 heteroatoms. The molecule has 2 nitrogen and oxygen atoms in total. The van der Waals surface area contributed by atoms with E-state index >= 15 is 0 Å². The van der Waals surface area contributed by atoms with E-state index in [9.17, 15) is 0 Å². The minimum atomic E-state index is 0.517. The third kappa shape index (κ3) is 1.61. The summed E-state index contributed by atoms with van der Waals surface area (Å²) in [6.07, 6.45) is 3.49. The van der Waals surface area contributed by atoms with Crippen molar-refractivity contribution in [2.45, 2.75) is 19.9 Å². The lowest BCUT2D eigenvalue weighted by Gasteiger charge is -2.38. The fourth-order valence-electron chi connectivity index (χ4n) is 3.81. The van der Waals surface area contributed by atoms with Crippen molar-refractivity contribution in [3.63, 3.8) is 0 Å². The highest BCUT2D eigenvalue weighted by Gasteiger charge is 2.31. The second kappa shape index (κ2) is 4.35. The first kappa shape index (κ1) is 12.0. The van der Waals surface area contributed by atoms with Crippen molar-refractivity contribution in [2.75, 3.05) is 13.1 Å². The zero-order valence-electron chi connectivity index (χ0n) is 11.9. The number of aromatic amines is 1. The fraction of sp³-hybridized carbons (Fsp3) is 0.333. The van der Waals surface area contributed by atoms with E-state index in [1.54, 1.807) is 0 Å². The highest BCUT2D eigenvalue weighted by atomic mass is 15.1. The number of fused-ring (bicyclic) bond motifs is 3. The summed E-state index contributed by atoms with van der Waals surface area (Å²) in [6, 6.07) is 8.62. The summed E-state index contributed by atoms with van der Waals surface area (Å²) in [7, 11) is 0. The van der Waals surface area contributed by atoms with Gasteiger partial charge in [-0.25, -0.2) is 0 Å². The molecule has 20 heavy (non-hydrogen) atoms. The Kier molecular flexibility index (Phi) is 2.61. The van der Waals surface area contributed by atoms with Gasteiger partial charge in [-0.05, 0) is 37.1 Å². The third-order valence-electron chi connectivity index (χ3n) is 4.90. The van der Waals surface area contributed by atoms with E-state index in [-0.39, 0.29) is 0 Å². The molecule has 1 saturated heterocycles. The van der Waals surface area contributed by atoms with E-state index in [0.717, 1.165) is 13.1 Å². The lowest BCUT2D eigenvalue weighted by molar-refractivity contribution is 0.238. The van der Waals surface area contributed by atoms with Crippen molar-refractivity contribution in [1.29, 1.82) is 0 Å². The summed E-state index contributed by atoms with van der Waals surface area (Å²) in [5.74, 6) is 0.517. The van der Waals surface area contributed by atoms with Gasteiger partial charge in [0.1, 0.15) is 0 Å². The molecule has 5 rings (SSSR count). The highest BCUT2D eigenvalue weighted by Crippen LogP contribution is 2.40. The third-order valence-corrected chi connectivity index (χ3v) is 4.90. The predicted molar refractivity (Wildman–Crippen MR) is 84.5 cm³/mol. The maximum absolute atomic E-state index is 4.44. The molecule has 0 radical (unpaired) electrons. The smallest absolute Gasteiger partial charge is 0.0469 e. The van der Waals surface area contributed by atoms with Gasteiger partial charge in [0.2, 0.25) is 0 Å². The van der Waals surface area contributed by atoms with E-state index in [1.807, 2.05) is 0 Å². The number of allylic oxidation sites excluding steroid dienone is 2. The van der Waals surface area contributed by atoms with Gasteiger partial charge in [0.25, 0.3) is 0 Å². The van der Waals surface area contributed by atoms with Gasteiger partial charge in [-0.2, -0.15) is 0 Å². The van der Waals surface area contributed by atoms with Crippen molar-refractivity contribution in [1.82, 2.24) is 9.88 Å². The Labute approximate surface area is 119 Å². The molecule has 2 aromatic rings. The molecular weight excluding hydrogens is 244 g/mol. The van der Waals surface area contributed by atoms with Crippen molar-refractivity contribution in [3.8, 4) is 0 Å². The largest absolute Gasteiger partial charge is 0.355 e. The quantitative estimate of drug-likeness (QED) is 0.713. The van der Waals surface area contributed by atoms with E-state index in [1.165, 1.54) is 46.3 Å². The Morgan fingerprint density at radius 2 is 2.15 bits per heavy atom. The Balaban J connectivity index is 1.95. The van der Waals surface area contributed by atoms with Crippen LogP contribution in [-0.4, -0.2) is 23.0 Å². The molecule has 1 N–H and O–H groups in total. The van der Waals surface area contributed by atoms with Crippen molar-refractivity contribution < 1.29 is 0 Å². The van der Waals surface area contributed by atoms with Gasteiger partial charge in [0, 0.05) is 35.6 Å². The van der Waals surface area contributed by atoms with E-state index in [2.05, 4.69) is 53.7 Å². The van der Waals surface area contributed by atoms with Gasteiger partial charge in [-0.1, -0.05) is 36.4 Å². The van der Waals surface area contributed by atoms with Crippen LogP contribution in [0, 0.1) is 5.92 Å². The molecule has 1 aromatic heterocycles. The second-order valence-electron chi connectivity index (χ2n) is 5.96. The molecule has 0 amide bonds. The number of hydrogen-bond acceptors (Lipinski definition) is 1. The van der Waals surface area contributed by atoms with E-state index in [0.29, 0.717) is 5.92 Å². The maximum atomic E-state index is 4.44. The van der Waals surface area contributed by atoms with Crippen LogP contribution >= 0.6 is 0 Å². The first-order valence-electron chi connectivity index (χ1n) is 7.44. The molecule has 1 aromatic carbocycles. The van der Waals surface area contributed by atoms with Crippen LogP contribution in [0.3, 0.4) is 0 Å². The highest BCUT2D eigenvalue weighted by molar-refractivity contribution is 5.89. The number of aromatic nitrogens is 1. The molecule has 1 fully saturated rings. The fourth-order valence-corrected chi connectivity index (χ4v) is 3.81. The molecule has 2 atom stereocenters. The predicted octanol–water partition coefficient (Wildman–Crippen LogP) is 3.96. The average Bonchev–Trinajstić information content (AvgIpc) is 2.83. The van der Waals surface area contributed by atoms with Crippen LogP contribution < -0.4 is 0 Å². The van der Waals surface area contributed by atoms with E-state index in [4.69, 9.17) is 0 Å². The summed E-state index contributed by atoms with van der Waals surface area (Å²) in [4.78, 5) is 6.18. The summed E-state index contributed by atoms with van der Waals surface area (Å²) in [6.45, 7) is 9.90. The van der Waals surface area contributed by atoms with Gasteiger partial charge in [-0.15, -0.1) is 0 Å². The summed E-state index contributed by atoms with van der Waals surface area (Å²) in [5.41, 5.74) is 6.77. The molecule has 3 aliphatic heterocycles. The zero-order chi connectivity index (χ0) is 13.7. The molecule has 0 saturated carbocycles. The van der Waals surface area contributed by atoms with Crippen molar-refractivity contribution in [2.24, 2.45) is 5.92 Å². The number of nitrogens with one attached hydrogen (secondary N) is 1. The Bertz CT molecular complexity index is 720. The average molecular weight is 264 g/mol.